The Morgan fingerprint density at radius 1 is 1.11 bits per heavy atom. The fraction of sp³-hybridized carbons (Fsp3) is 0.500. The molecule has 2 aromatic carbocycles. The number of nitrogens with zero attached hydrogens (tertiary/aromatic N) is 2. The van der Waals surface area contributed by atoms with E-state index in [1.54, 1.807) is 0 Å². The van der Waals surface area contributed by atoms with Gasteiger partial charge in [-0.3, -0.25) is 0 Å². The molecule has 3 aliphatic rings. The maximum absolute atomic E-state index is 11.5. The molecular formula is C30H39N3O2. The van der Waals surface area contributed by atoms with Crippen molar-refractivity contribution < 1.29 is 9.84 Å². The average Bonchev–Trinajstić information content (AvgIpc) is 3.27. The molecule has 3 aliphatic carbocycles. The lowest BCUT2D eigenvalue weighted by atomic mass is 9.61. The molecule has 0 radical (unpaired) electrons. The molecule has 0 saturated heterocycles. The summed E-state index contributed by atoms with van der Waals surface area (Å²) in [6.07, 6.45) is 8.48. The van der Waals surface area contributed by atoms with Crippen LogP contribution in [-0.4, -0.2) is 51.8 Å². The van der Waals surface area contributed by atoms with Crippen molar-refractivity contribution in [1.29, 1.82) is 0 Å². The van der Waals surface area contributed by atoms with Crippen LogP contribution >= 0.6 is 0 Å². The van der Waals surface area contributed by atoms with Gasteiger partial charge in [0.25, 0.3) is 0 Å². The molecule has 2 N–H and O–H groups in total. The topological polar surface area (TPSA) is 61.4 Å². The number of H-pyrrole nitrogens is 1. The van der Waals surface area contributed by atoms with Crippen LogP contribution in [0.1, 0.15) is 57.3 Å². The molecule has 1 saturated carbocycles. The summed E-state index contributed by atoms with van der Waals surface area (Å²) in [5, 5.41) is 11.5. The Balaban J connectivity index is 1.13. The van der Waals surface area contributed by atoms with Gasteiger partial charge in [0.15, 0.2) is 0 Å². The first-order chi connectivity index (χ1) is 16.9. The molecule has 35 heavy (non-hydrogen) atoms. The van der Waals surface area contributed by atoms with Gasteiger partial charge in [0, 0.05) is 18.9 Å². The Bertz CT molecular complexity index is 1170. The Morgan fingerprint density at radius 3 is 2.69 bits per heavy atom. The first-order valence-electron chi connectivity index (χ1n) is 13.2. The maximum atomic E-state index is 11.5. The van der Waals surface area contributed by atoms with E-state index in [1.807, 2.05) is 26.0 Å². The van der Waals surface area contributed by atoms with Gasteiger partial charge in [-0.05, 0) is 88.7 Å². The van der Waals surface area contributed by atoms with Crippen molar-refractivity contribution in [3.05, 3.63) is 66.0 Å². The number of benzene rings is 2. The largest absolute Gasteiger partial charge is 0.489 e. The SMILES string of the molecule is CC(C)Oc1cccc2[nH]c(CCCN(C)CC[C@]3(O)C[C@@H]4CC[C@@H]3C=C4c3ccccc3)nc12. The molecule has 0 amide bonds. The number of aromatic nitrogens is 2. The number of rotatable bonds is 10. The minimum absolute atomic E-state index is 0.129. The number of fused-ring (bicyclic) bond motifs is 3. The van der Waals surface area contributed by atoms with Crippen LogP contribution < -0.4 is 4.74 Å². The van der Waals surface area contributed by atoms with Crippen LogP contribution in [-0.2, 0) is 6.42 Å². The number of allylic oxidation sites excluding steroid dienone is 1. The highest BCUT2D eigenvalue weighted by Crippen LogP contribution is 2.51. The standard InChI is InChI=1S/C30H39N3O2/c1-21(2)35-27-12-7-11-26-29(27)32-28(31-26)13-8-17-33(3)18-16-30(34)20-23-14-15-24(30)19-25(23)22-9-5-4-6-10-22/h4-7,9-12,19,21,23-24,34H,8,13-18,20H2,1-3H3,(H,31,32)/t23-,24+,30-/m0/s1. The molecule has 5 heteroatoms. The number of nitrogens with one attached hydrogen (secondary N) is 1. The van der Waals surface area contributed by atoms with Gasteiger partial charge in [-0.1, -0.05) is 42.5 Å². The minimum atomic E-state index is -0.568. The lowest BCUT2D eigenvalue weighted by molar-refractivity contribution is -0.0574. The van der Waals surface area contributed by atoms with E-state index < -0.39 is 5.60 Å². The first kappa shape index (κ1) is 24.1. The molecule has 5 nitrogen and oxygen atoms in total. The van der Waals surface area contributed by atoms with Crippen molar-refractivity contribution in [3.63, 3.8) is 0 Å². The molecule has 0 spiro atoms. The monoisotopic (exact) mass is 473 g/mol. The Kier molecular flexibility index (Phi) is 6.99. The normalized spacial score (nSPS) is 23.9. The van der Waals surface area contributed by atoms with Crippen LogP contribution in [0.4, 0.5) is 0 Å². The molecule has 1 fully saturated rings. The highest BCUT2D eigenvalue weighted by Gasteiger charge is 2.46. The van der Waals surface area contributed by atoms with E-state index in [1.165, 1.54) is 17.6 Å². The number of hydrogen-bond acceptors (Lipinski definition) is 4. The van der Waals surface area contributed by atoms with Gasteiger partial charge in [-0.25, -0.2) is 4.98 Å². The number of aliphatic hydroxyl groups is 1. The van der Waals surface area contributed by atoms with Gasteiger partial charge in [0.05, 0.1) is 17.2 Å². The quantitative estimate of drug-likeness (QED) is 0.388. The van der Waals surface area contributed by atoms with E-state index in [4.69, 9.17) is 9.72 Å². The predicted octanol–water partition coefficient (Wildman–Crippen LogP) is 5.85. The summed E-state index contributed by atoms with van der Waals surface area (Å²) in [6, 6.07) is 16.8. The molecule has 1 heterocycles. The number of imidazole rings is 1. The summed E-state index contributed by atoms with van der Waals surface area (Å²) in [4.78, 5) is 10.6. The van der Waals surface area contributed by atoms with Crippen LogP contribution in [0.25, 0.3) is 16.6 Å². The smallest absolute Gasteiger partial charge is 0.147 e. The predicted molar refractivity (Wildman–Crippen MR) is 142 cm³/mol. The Hall–Kier alpha value is -2.63. The third kappa shape index (κ3) is 5.31. The minimum Gasteiger partial charge on any atom is -0.489 e. The highest BCUT2D eigenvalue weighted by atomic mass is 16.5. The van der Waals surface area contributed by atoms with E-state index >= 15 is 0 Å². The summed E-state index contributed by atoms with van der Waals surface area (Å²) >= 11 is 0. The molecule has 3 aromatic rings. The van der Waals surface area contributed by atoms with Crippen molar-refractivity contribution >= 4 is 16.6 Å². The van der Waals surface area contributed by atoms with Crippen LogP contribution in [0.2, 0.25) is 0 Å². The summed E-state index contributed by atoms with van der Waals surface area (Å²) in [5.74, 6) is 2.61. The Labute approximate surface area is 209 Å². The van der Waals surface area contributed by atoms with Gasteiger partial charge in [0.1, 0.15) is 17.1 Å². The van der Waals surface area contributed by atoms with Crippen LogP contribution in [0.3, 0.4) is 0 Å². The molecule has 0 aliphatic heterocycles. The molecular weight excluding hydrogens is 434 g/mol. The summed E-state index contributed by atoms with van der Waals surface area (Å²) < 4.78 is 5.92. The zero-order valence-corrected chi connectivity index (χ0v) is 21.3. The highest BCUT2D eigenvalue weighted by molar-refractivity contribution is 5.81. The third-order valence-corrected chi connectivity index (χ3v) is 7.81. The van der Waals surface area contributed by atoms with E-state index in [-0.39, 0.29) is 12.0 Å². The van der Waals surface area contributed by atoms with E-state index in [0.29, 0.717) is 5.92 Å². The first-order valence-corrected chi connectivity index (χ1v) is 13.2. The van der Waals surface area contributed by atoms with Crippen molar-refractivity contribution in [2.24, 2.45) is 11.8 Å². The number of para-hydroxylation sites is 1. The third-order valence-electron chi connectivity index (χ3n) is 7.81. The van der Waals surface area contributed by atoms with Crippen molar-refractivity contribution in [1.82, 2.24) is 14.9 Å². The molecule has 6 rings (SSSR count). The van der Waals surface area contributed by atoms with Crippen LogP contribution in [0.5, 0.6) is 5.75 Å². The van der Waals surface area contributed by atoms with Gasteiger partial charge in [0.2, 0.25) is 0 Å². The van der Waals surface area contributed by atoms with E-state index in [2.05, 4.69) is 59.4 Å². The molecule has 0 unspecified atom stereocenters. The molecule has 1 aromatic heterocycles. The summed E-state index contributed by atoms with van der Waals surface area (Å²) in [7, 11) is 2.17. The number of aryl methyl sites for hydroxylation is 1. The van der Waals surface area contributed by atoms with E-state index in [9.17, 15) is 5.11 Å². The van der Waals surface area contributed by atoms with Crippen molar-refractivity contribution in [2.75, 3.05) is 20.1 Å². The van der Waals surface area contributed by atoms with Crippen LogP contribution in [0, 0.1) is 11.8 Å². The van der Waals surface area contributed by atoms with Crippen molar-refractivity contribution in [3.8, 4) is 5.75 Å². The van der Waals surface area contributed by atoms with Gasteiger partial charge in [-0.2, -0.15) is 0 Å². The zero-order valence-electron chi connectivity index (χ0n) is 21.3. The molecule has 3 atom stereocenters. The number of hydrogen-bond donors (Lipinski definition) is 2. The fourth-order valence-corrected chi connectivity index (χ4v) is 5.97. The Morgan fingerprint density at radius 2 is 1.94 bits per heavy atom. The van der Waals surface area contributed by atoms with Gasteiger partial charge < -0.3 is 19.7 Å². The fourth-order valence-electron chi connectivity index (χ4n) is 5.97. The van der Waals surface area contributed by atoms with Crippen molar-refractivity contribution in [2.45, 2.75) is 64.1 Å². The second-order valence-electron chi connectivity index (χ2n) is 10.8. The van der Waals surface area contributed by atoms with Gasteiger partial charge >= 0.3 is 0 Å². The van der Waals surface area contributed by atoms with Gasteiger partial charge in [-0.15, -0.1) is 0 Å². The maximum Gasteiger partial charge on any atom is 0.147 e. The summed E-state index contributed by atoms with van der Waals surface area (Å²) in [5.41, 5.74) is 4.16. The second kappa shape index (κ2) is 10.2. The lowest BCUT2D eigenvalue weighted by Gasteiger charge is -2.48. The average molecular weight is 474 g/mol. The zero-order chi connectivity index (χ0) is 24.4. The molecule has 186 valence electrons. The van der Waals surface area contributed by atoms with Crippen LogP contribution in [0.15, 0.2) is 54.6 Å². The number of aromatic amines is 1. The number of ether oxygens (including phenoxy) is 1. The molecule has 2 bridgehead atoms. The lowest BCUT2D eigenvalue weighted by Crippen LogP contribution is -2.48. The summed E-state index contributed by atoms with van der Waals surface area (Å²) in [6.45, 7) is 5.98. The van der Waals surface area contributed by atoms with E-state index in [0.717, 1.165) is 67.8 Å². The second-order valence-corrected chi connectivity index (χ2v) is 10.8.